The topological polar surface area (TPSA) is 35.2 Å². The molecule has 3 heteroatoms. The van der Waals surface area contributed by atoms with Gasteiger partial charge in [0.05, 0.1) is 12.3 Å². The van der Waals surface area contributed by atoms with E-state index in [4.69, 9.17) is 10.5 Å². The van der Waals surface area contributed by atoms with Crippen LogP contribution in [-0.2, 0) is 0 Å². The van der Waals surface area contributed by atoms with E-state index in [1.54, 1.807) is 11.8 Å². The molecule has 0 spiro atoms. The molecular weight excluding hydrogens is 266 g/mol. The first-order chi connectivity index (χ1) is 9.66. The molecule has 2 aromatic carbocycles. The molecule has 0 radical (unpaired) electrons. The molecule has 0 heterocycles. The highest BCUT2D eigenvalue weighted by Gasteiger charge is 2.01. The Morgan fingerprint density at radius 2 is 1.75 bits per heavy atom. The minimum absolute atomic E-state index is 0.582. The largest absolute Gasteiger partial charge is 0.491 e. The fraction of sp³-hybridized carbons (Fsp3) is 0.294. The molecule has 106 valence electrons. The number of hydrogen-bond donors (Lipinski definition) is 1. The predicted molar refractivity (Wildman–Crippen MR) is 87.6 cm³/mol. The molecular formula is C17H21NOS. The second-order valence-corrected chi connectivity index (χ2v) is 6.13. The van der Waals surface area contributed by atoms with Crippen LogP contribution in [0.1, 0.15) is 25.3 Å². The Morgan fingerprint density at radius 1 is 1.05 bits per heavy atom. The SMILES string of the molecule is CC(C)c1ccc(SCCOc2ccccc2N)cc1. The quantitative estimate of drug-likeness (QED) is 0.480. The van der Waals surface area contributed by atoms with Crippen molar-refractivity contribution in [3.63, 3.8) is 0 Å². The van der Waals surface area contributed by atoms with Gasteiger partial charge in [0.1, 0.15) is 5.75 Å². The predicted octanol–water partition coefficient (Wildman–Crippen LogP) is 4.56. The summed E-state index contributed by atoms with van der Waals surface area (Å²) in [7, 11) is 0. The Morgan fingerprint density at radius 3 is 2.40 bits per heavy atom. The van der Waals surface area contributed by atoms with Gasteiger partial charge < -0.3 is 10.5 Å². The second-order valence-electron chi connectivity index (χ2n) is 4.96. The molecule has 0 aliphatic rings. The van der Waals surface area contributed by atoms with Gasteiger partial charge in [0.15, 0.2) is 0 Å². The molecule has 0 amide bonds. The third-order valence-corrected chi connectivity index (χ3v) is 4.05. The van der Waals surface area contributed by atoms with E-state index in [0.29, 0.717) is 18.2 Å². The monoisotopic (exact) mass is 287 g/mol. The van der Waals surface area contributed by atoms with E-state index in [0.717, 1.165) is 11.5 Å². The Hall–Kier alpha value is -1.61. The summed E-state index contributed by atoms with van der Waals surface area (Å²) < 4.78 is 5.67. The van der Waals surface area contributed by atoms with Crippen LogP contribution in [-0.4, -0.2) is 12.4 Å². The summed E-state index contributed by atoms with van der Waals surface area (Å²) in [6.07, 6.45) is 0. The molecule has 2 N–H and O–H groups in total. The molecule has 0 saturated heterocycles. The normalized spacial score (nSPS) is 10.8. The molecule has 20 heavy (non-hydrogen) atoms. The van der Waals surface area contributed by atoms with Crippen molar-refractivity contribution in [2.75, 3.05) is 18.1 Å². The summed E-state index contributed by atoms with van der Waals surface area (Å²) in [6, 6.07) is 16.3. The number of hydrogen-bond acceptors (Lipinski definition) is 3. The van der Waals surface area contributed by atoms with Crippen LogP contribution in [0.3, 0.4) is 0 Å². The third kappa shape index (κ3) is 4.20. The lowest BCUT2D eigenvalue weighted by molar-refractivity contribution is 0.346. The summed E-state index contributed by atoms with van der Waals surface area (Å²) in [4.78, 5) is 1.28. The van der Waals surface area contributed by atoms with Crippen LogP contribution in [0.5, 0.6) is 5.75 Å². The first kappa shape index (κ1) is 14.8. The smallest absolute Gasteiger partial charge is 0.142 e. The minimum Gasteiger partial charge on any atom is -0.491 e. The lowest BCUT2D eigenvalue weighted by Crippen LogP contribution is -2.02. The van der Waals surface area contributed by atoms with E-state index < -0.39 is 0 Å². The number of anilines is 1. The molecule has 0 aliphatic carbocycles. The van der Waals surface area contributed by atoms with E-state index in [2.05, 4.69) is 38.1 Å². The van der Waals surface area contributed by atoms with Crippen LogP contribution < -0.4 is 10.5 Å². The summed E-state index contributed by atoms with van der Waals surface area (Å²) in [6.45, 7) is 5.07. The third-order valence-electron chi connectivity index (χ3n) is 3.08. The molecule has 0 saturated carbocycles. The van der Waals surface area contributed by atoms with Crippen LogP contribution in [0.15, 0.2) is 53.4 Å². The fourth-order valence-electron chi connectivity index (χ4n) is 1.87. The molecule has 0 aromatic heterocycles. The van der Waals surface area contributed by atoms with Crippen LogP contribution in [0.2, 0.25) is 0 Å². The molecule has 2 rings (SSSR count). The number of nitrogens with two attached hydrogens (primary N) is 1. The van der Waals surface area contributed by atoms with Gasteiger partial charge in [-0.05, 0) is 35.7 Å². The van der Waals surface area contributed by atoms with Crippen molar-refractivity contribution in [2.45, 2.75) is 24.7 Å². The number of nitrogen functional groups attached to an aromatic ring is 1. The highest BCUT2D eigenvalue weighted by molar-refractivity contribution is 7.99. The van der Waals surface area contributed by atoms with Gasteiger partial charge in [0.25, 0.3) is 0 Å². The summed E-state index contributed by atoms with van der Waals surface area (Å²) in [5.41, 5.74) is 7.90. The van der Waals surface area contributed by atoms with Crippen molar-refractivity contribution in [3.8, 4) is 5.75 Å². The molecule has 0 bridgehead atoms. The maximum absolute atomic E-state index is 5.83. The second kappa shape index (κ2) is 7.25. The van der Waals surface area contributed by atoms with Gasteiger partial charge in [-0.1, -0.05) is 38.1 Å². The number of benzene rings is 2. The first-order valence-corrected chi connectivity index (χ1v) is 7.85. The van der Waals surface area contributed by atoms with Crippen molar-refractivity contribution in [1.82, 2.24) is 0 Å². The maximum atomic E-state index is 5.83. The average molecular weight is 287 g/mol. The van der Waals surface area contributed by atoms with Crippen LogP contribution in [0, 0.1) is 0 Å². The van der Waals surface area contributed by atoms with Gasteiger partial charge in [-0.25, -0.2) is 0 Å². The van der Waals surface area contributed by atoms with Gasteiger partial charge in [0, 0.05) is 10.6 Å². The van der Waals surface area contributed by atoms with E-state index in [-0.39, 0.29) is 0 Å². The van der Waals surface area contributed by atoms with Crippen molar-refractivity contribution in [2.24, 2.45) is 0 Å². The first-order valence-electron chi connectivity index (χ1n) is 6.87. The fourth-order valence-corrected chi connectivity index (χ4v) is 2.60. The Kier molecular flexibility index (Phi) is 5.36. The summed E-state index contributed by atoms with van der Waals surface area (Å²) in [5.74, 6) is 2.26. The number of para-hydroxylation sites is 2. The Balaban J connectivity index is 1.77. The zero-order valence-electron chi connectivity index (χ0n) is 12.0. The number of thioether (sulfide) groups is 1. The van der Waals surface area contributed by atoms with Gasteiger partial charge >= 0.3 is 0 Å². The van der Waals surface area contributed by atoms with E-state index in [9.17, 15) is 0 Å². The minimum atomic E-state index is 0.582. The Bertz CT molecular complexity index is 537. The zero-order chi connectivity index (χ0) is 14.4. The lowest BCUT2D eigenvalue weighted by atomic mass is 10.0. The van der Waals surface area contributed by atoms with Crippen molar-refractivity contribution in [1.29, 1.82) is 0 Å². The van der Waals surface area contributed by atoms with Crippen LogP contribution in [0.25, 0.3) is 0 Å². The number of ether oxygens (including phenoxy) is 1. The standard InChI is InChI=1S/C17H21NOS/c1-13(2)14-7-9-15(10-8-14)20-12-11-19-17-6-4-3-5-16(17)18/h3-10,13H,11-12,18H2,1-2H3. The average Bonchev–Trinajstić information content (AvgIpc) is 2.46. The molecule has 2 aromatic rings. The van der Waals surface area contributed by atoms with E-state index in [1.165, 1.54) is 10.5 Å². The van der Waals surface area contributed by atoms with Crippen LogP contribution >= 0.6 is 11.8 Å². The highest BCUT2D eigenvalue weighted by atomic mass is 32.2. The van der Waals surface area contributed by atoms with Gasteiger partial charge in [-0.3, -0.25) is 0 Å². The Labute approximate surface area is 125 Å². The molecule has 0 unspecified atom stereocenters. The maximum Gasteiger partial charge on any atom is 0.142 e. The summed E-state index contributed by atoms with van der Waals surface area (Å²) >= 11 is 1.80. The van der Waals surface area contributed by atoms with Crippen LogP contribution in [0.4, 0.5) is 5.69 Å². The molecule has 2 nitrogen and oxygen atoms in total. The summed E-state index contributed by atoms with van der Waals surface area (Å²) in [5, 5.41) is 0. The van der Waals surface area contributed by atoms with Gasteiger partial charge in [-0.2, -0.15) is 0 Å². The van der Waals surface area contributed by atoms with Crippen molar-refractivity contribution in [3.05, 3.63) is 54.1 Å². The molecule has 0 atom stereocenters. The van der Waals surface area contributed by atoms with E-state index >= 15 is 0 Å². The molecule has 0 fully saturated rings. The van der Waals surface area contributed by atoms with E-state index in [1.807, 2.05) is 24.3 Å². The molecule has 0 aliphatic heterocycles. The zero-order valence-corrected chi connectivity index (χ0v) is 12.8. The van der Waals surface area contributed by atoms with Gasteiger partial charge in [-0.15, -0.1) is 11.8 Å². The number of rotatable bonds is 6. The van der Waals surface area contributed by atoms with Crippen molar-refractivity contribution < 1.29 is 4.74 Å². The highest BCUT2D eigenvalue weighted by Crippen LogP contribution is 2.23. The van der Waals surface area contributed by atoms with Gasteiger partial charge in [0.2, 0.25) is 0 Å². The lowest BCUT2D eigenvalue weighted by Gasteiger charge is -2.09. The van der Waals surface area contributed by atoms with Crippen molar-refractivity contribution >= 4 is 17.4 Å².